The standard InChI is InChI=1S/C16H29F3N4O2S/c1-20-15(23-14-7-5-13(6-8-14)16(17,18)19)21-9-10-26(24,25)22-11-12-3-2-4-12/h12-14,22H,2-11H2,1H3,(H2,20,21,23). The molecule has 2 aliphatic rings. The first-order valence-corrected chi connectivity index (χ1v) is 10.9. The zero-order valence-corrected chi connectivity index (χ0v) is 15.9. The number of hydrogen-bond acceptors (Lipinski definition) is 3. The van der Waals surface area contributed by atoms with Gasteiger partial charge in [-0.15, -0.1) is 0 Å². The van der Waals surface area contributed by atoms with Gasteiger partial charge in [-0.1, -0.05) is 6.42 Å². The van der Waals surface area contributed by atoms with Crippen LogP contribution in [0.3, 0.4) is 0 Å². The lowest BCUT2D eigenvalue weighted by atomic mass is 9.85. The normalized spacial score (nSPS) is 25.6. The molecular formula is C16H29F3N4O2S. The quantitative estimate of drug-likeness (QED) is 0.452. The fraction of sp³-hybridized carbons (Fsp3) is 0.938. The second-order valence-corrected chi connectivity index (χ2v) is 9.12. The van der Waals surface area contributed by atoms with E-state index in [1.807, 2.05) is 0 Å². The molecule has 2 saturated carbocycles. The second kappa shape index (κ2) is 9.25. The van der Waals surface area contributed by atoms with Crippen LogP contribution in [-0.4, -0.2) is 52.5 Å². The fourth-order valence-corrected chi connectivity index (χ4v) is 4.28. The molecule has 0 amide bonds. The van der Waals surface area contributed by atoms with Crippen molar-refractivity contribution in [3.05, 3.63) is 0 Å². The molecule has 0 spiro atoms. The molecule has 152 valence electrons. The molecule has 2 aliphatic carbocycles. The van der Waals surface area contributed by atoms with Gasteiger partial charge in [-0.05, 0) is 44.4 Å². The number of nitrogens with zero attached hydrogens (tertiary/aromatic N) is 1. The predicted octanol–water partition coefficient (Wildman–Crippen LogP) is 1.99. The van der Waals surface area contributed by atoms with Crippen molar-refractivity contribution in [1.29, 1.82) is 0 Å². The molecule has 26 heavy (non-hydrogen) atoms. The first-order chi connectivity index (χ1) is 12.2. The third-order valence-corrected chi connectivity index (χ3v) is 6.58. The van der Waals surface area contributed by atoms with Crippen LogP contribution in [0.1, 0.15) is 44.9 Å². The molecule has 0 heterocycles. The van der Waals surface area contributed by atoms with E-state index in [1.54, 1.807) is 7.05 Å². The highest BCUT2D eigenvalue weighted by molar-refractivity contribution is 7.89. The Morgan fingerprint density at radius 3 is 2.27 bits per heavy atom. The summed E-state index contributed by atoms with van der Waals surface area (Å²) in [6, 6.07) is -0.0758. The summed E-state index contributed by atoms with van der Waals surface area (Å²) in [5.74, 6) is -0.405. The number of hydrogen-bond donors (Lipinski definition) is 3. The Kier molecular flexibility index (Phi) is 7.57. The van der Waals surface area contributed by atoms with Gasteiger partial charge in [0.05, 0.1) is 11.7 Å². The van der Waals surface area contributed by atoms with Crippen LogP contribution in [0.4, 0.5) is 13.2 Å². The van der Waals surface area contributed by atoms with Gasteiger partial charge in [0.25, 0.3) is 0 Å². The summed E-state index contributed by atoms with van der Waals surface area (Å²) in [7, 11) is -1.78. The van der Waals surface area contributed by atoms with Crippen LogP contribution < -0.4 is 15.4 Å². The van der Waals surface area contributed by atoms with Crippen molar-refractivity contribution in [3.8, 4) is 0 Å². The van der Waals surface area contributed by atoms with Crippen molar-refractivity contribution in [2.75, 3.05) is 25.9 Å². The van der Waals surface area contributed by atoms with Crippen molar-refractivity contribution in [2.45, 2.75) is 57.2 Å². The SMILES string of the molecule is CN=C(NCCS(=O)(=O)NCC1CCC1)NC1CCC(C(F)(F)F)CC1. The van der Waals surface area contributed by atoms with Crippen LogP contribution in [0.2, 0.25) is 0 Å². The highest BCUT2D eigenvalue weighted by Gasteiger charge is 2.41. The summed E-state index contributed by atoms with van der Waals surface area (Å²) in [5, 5.41) is 6.02. The van der Waals surface area contributed by atoms with Gasteiger partial charge in [0, 0.05) is 26.2 Å². The Morgan fingerprint density at radius 2 is 1.77 bits per heavy atom. The Balaban J connectivity index is 1.66. The monoisotopic (exact) mass is 398 g/mol. The fourth-order valence-electron chi connectivity index (χ4n) is 3.27. The molecule has 0 aromatic carbocycles. The van der Waals surface area contributed by atoms with Crippen LogP contribution >= 0.6 is 0 Å². The average Bonchev–Trinajstić information content (AvgIpc) is 2.51. The van der Waals surface area contributed by atoms with E-state index in [2.05, 4.69) is 20.3 Å². The molecule has 0 unspecified atom stereocenters. The van der Waals surface area contributed by atoms with Gasteiger partial charge in [0.2, 0.25) is 10.0 Å². The van der Waals surface area contributed by atoms with Crippen molar-refractivity contribution < 1.29 is 21.6 Å². The number of nitrogens with one attached hydrogen (secondary N) is 3. The Morgan fingerprint density at radius 1 is 1.12 bits per heavy atom. The minimum atomic E-state index is -4.12. The van der Waals surface area contributed by atoms with E-state index in [0.29, 0.717) is 31.3 Å². The van der Waals surface area contributed by atoms with E-state index >= 15 is 0 Å². The lowest BCUT2D eigenvalue weighted by Crippen LogP contribution is -2.47. The lowest BCUT2D eigenvalue weighted by molar-refractivity contribution is -0.182. The number of alkyl halides is 3. The van der Waals surface area contributed by atoms with Crippen LogP contribution in [0.5, 0.6) is 0 Å². The van der Waals surface area contributed by atoms with Gasteiger partial charge in [-0.2, -0.15) is 13.2 Å². The summed E-state index contributed by atoms with van der Waals surface area (Å²) in [6.07, 6.45) is 0.266. The molecule has 0 bridgehead atoms. The van der Waals surface area contributed by atoms with E-state index < -0.39 is 22.1 Å². The maximum atomic E-state index is 12.7. The van der Waals surface area contributed by atoms with Crippen LogP contribution in [0, 0.1) is 11.8 Å². The topological polar surface area (TPSA) is 82.6 Å². The van der Waals surface area contributed by atoms with Crippen LogP contribution in [0.15, 0.2) is 4.99 Å². The van der Waals surface area contributed by atoms with Crippen LogP contribution in [-0.2, 0) is 10.0 Å². The highest BCUT2D eigenvalue weighted by atomic mass is 32.2. The van der Waals surface area contributed by atoms with Gasteiger partial charge in [-0.25, -0.2) is 13.1 Å². The highest BCUT2D eigenvalue weighted by Crippen LogP contribution is 2.37. The van der Waals surface area contributed by atoms with Gasteiger partial charge in [-0.3, -0.25) is 4.99 Å². The third-order valence-electron chi connectivity index (χ3n) is 5.23. The molecule has 10 heteroatoms. The molecule has 0 saturated heterocycles. The van der Waals surface area contributed by atoms with E-state index in [1.165, 1.54) is 6.42 Å². The average molecular weight is 398 g/mol. The number of aliphatic imine (C=N–C) groups is 1. The number of halogens is 3. The molecule has 6 nitrogen and oxygen atoms in total. The lowest BCUT2D eigenvalue weighted by Gasteiger charge is -2.31. The van der Waals surface area contributed by atoms with Gasteiger partial charge >= 0.3 is 6.18 Å². The molecule has 2 rings (SSSR count). The first-order valence-electron chi connectivity index (χ1n) is 9.21. The molecule has 0 aliphatic heterocycles. The second-order valence-electron chi connectivity index (χ2n) is 7.20. The summed E-state index contributed by atoms with van der Waals surface area (Å²) in [5.41, 5.74) is 0. The molecule has 0 atom stereocenters. The Bertz CT molecular complexity index is 569. The van der Waals surface area contributed by atoms with Gasteiger partial charge in [0.15, 0.2) is 5.96 Å². The summed E-state index contributed by atoms with van der Waals surface area (Å²) < 4.78 is 64.6. The zero-order chi connectivity index (χ0) is 19.2. The van der Waals surface area contributed by atoms with Crippen LogP contribution in [0.25, 0.3) is 0 Å². The molecule has 0 aromatic rings. The minimum absolute atomic E-state index is 0.0682. The molecule has 0 aromatic heterocycles. The van der Waals surface area contributed by atoms with Gasteiger partial charge < -0.3 is 10.6 Å². The number of guanidine groups is 1. The predicted molar refractivity (Wildman–Crippen MR) is 95.4 cm³/mol. The third kappa shape index (κ3) is 6.94. The largest absolute Gasteiger partial charge is 0.391 e. The maximum absolute atomic E-state index is 12.7. The number of sulfonamides is 1. The van der Waals surface area contributed by atoms with Gasteiger partial charge in [0.1, 0.15) is 0 Å². The summed E-state index contributed by atoms with van der Waals surface area (Å²) >= 11 is 0. The van der Waals surface area contributed by atoms with E-state index in [-0.39, 0.29) is 31.2 Å². The van der Waals surface area contributed by atoms with E-state index in [4.69, 9.17) is 0 Å². The van der Waals surface area contributed by atoms with Crippen molar-refractivity contribution in [3.63, 3.8) is 0 Å². The van der Waals surface area contributed by atoms with Crippen molar-refractivity contribution >= 4 is 16.0 Å². The molecule has 0 radical (unpaired) electrons. The Labute approximate surface area is 153 Å². The molecule has 3 N–H and O–H groups in total. The minimum Gasteiger partial charge on any atom is -0.355 e. The van der Waals surface area contributed by atoms with Crippen molar-refractivity contribution in [2.24, 2.45) is 16.8 Å². The summed E-state index contributed by atoms with van der Waals surface area (Å²) in [6.45, 7) is 0.690. The Hall–Kier alpha value is -1.03. The maximum Gasteiger partial charge on any atom is 0.391 e. The van der Waals surface area contributed by atoms with Crippen molar-refractivity contribution in [1.82, 2.24) is 15.4 Å². The molecule has 2 fully saturated rings. The summed E-state index contributed by atoms with van der Waals surface area (Å²) in [4.78, 5) is 4.02. The zero-order valence-electron chi connectivity index (χ0n) is 15.1. The number of rotatable bonds is 7. The smallest absolute Gasteiger partial charge is 0.355 e. The first kappa shape index (κ1) is 21.3. The van der Waals surface area contributed by atoms with E-state index in [0.717, 1.165) is 12.8 Å². The molecular weight excluding hydrogens is 369 g/mol. The van der Waals surface area contributed by atoms with E-state index in [9.17, 15) is 21.6 Å².